The minimum atomic E-state index is -3.14. The third-order valence-electron chi connectivity index (χ3n) is 6.57. The summed E-state index contributed by atoms with van der Waals surface area (Å²) in [6, 6.07) is 8.88. The molecule has 11 heteroatoms. The Morgan fingerprint density at radius 2 is 2.09 bits per heavy atom. The summed E-state index contributed by atoms with van der Waals surface area (Å²) >= 11 is 0. The molecule has 3 aromatic heterocycles. The first kappa shape index (κ1) is 21.1. The second kappa shape index (κ2) is 7.79. The molecule has 9 nitrogen and oxygen atoms in total. The van der Waals surface area contributed by atoms with Crippen LogP contribution in [-0.4, -0.2) is 57.0 Å². The smallest absolute Gasteiger partial charge is 0.274 e. The number of benzene rings is 1. The number of aromatic nitrogens is 4. The van der Waals surface area contributed by atoms with E-state index in [0.29, 0.717) is 41.3 Å². The number of hydrogen-bond donors (Lipinski definition) is 1. The Kier molecular flexibility index (Phi) is 4.83. The Hall–Kier alpha value is -3.47. The summed E-state index contributed by atoms with van der Waals surface area (Å²) in [5, 5.41) is 4.56. The summed E-state index contributed by atoms with van der Waals surface area (Å²) in [4.78, 5) is 23.0. The van der Waals surface area contributed by atoms with Crippen LogP contribution in [0.1, 0.15) is 47.7 Å². The van der Waals surface area contributed by atoms with Crippen molar-refractivity contribution in [1.82, 2.24) is 24.6 Å². The van der Waals surface area contributed by atoms with Gasteiger partial charge in [0, 0.05) is 12.6 Å². The Morgan fingerprint density at radius 1 is 1.21 bits per heavy atom. The van der Waals surface area contributed by atoms with Gasteiger partial charge in [0.2, 0.25) is 0 Å². The van der Waals surface area contributed by atoms with Crippen molar-refractivity contribution in [3.05, 3.63) is 60.0 Å². The number of H-pyrrole nitrogens is 1. The predicted octanol–water partition coefficient (Wildman–Crippen LogP) is 3.50. The molecule has 1 aromatic carbocycles. The molecule has 1 N–H and O–H groups in total. The van der Waals surface area contributed by atoms with E-state index in [1.54, 1.807) is 33.8 Å². The molecular formula is C23H22FN5O4S. The first-order valence-electron chi connectivity index (χ1n) is 11.2. The summed E-state index contributed by atoms with van der Waals surface area (Å²) in [5.74, 6) is 0.595. The number of imidazole rings is 1. The molecule has 2 atom stereocenters. The largest absolute Gasteiger partial charge is 0.463 e. The minimum absolute atomic E-state index is 0.0160. The highest BCUT2D eigenvalue weighted by Crippen LogP contribution is 2.35. The van der Waals surface area contributed by atoms with E-state index in [2.05, 4.69) is 15.1 Å². The number of aromatic amines is 1. The molecule has 6 rings (SSSR count). The molecule has 0 aliphatic carbocycles. The number of furan rings is 1. The van der Waals surface area contributed by atoms with Gasteiger partial charge < -0.3 is 14.3 Å². The van der Waals surface area contributed by atoms with E-state index in [1.165, 1.54) is 18.4 Å². The number of nitrogens with one attached hydrogen (secondary N) is 1. The standard InChI is InChI=1S/C23H22FN5O4S/c24-14-5-6-16-17(11-14)26-22(25-16)19-3-1-8-28(19)23(30)18-12-20(21-4-2-9-33-21)29(27-18)15-7-10-34(31,32)13-15/h2,4-6,9,11-12,15,19H,1,3,7-8,10,13H2,(H,25,26). The number of fused-ring (bicyclic) bond motifs is 1. The topological polar surface area (TPSA) is 114 Å². The molecule has 5 heterocycles. The van der Waals surface area contributed by atoms with E-state index in [1.807, 2.05) is 0 Å². The summed E-state index contributed by atoms with van der Waals surface area (Å²) in [5.41, 5.74) is 2.03. The molecule has 2 aliphatic heterocycles. The Balaban J connectivity index is 1.35. The number of likely N-dealkylation sites (tertiary alicyclic amines) is 1. The molecule has 2 saturated heterocycles. The van der Waals surface area contributed by atoms with E-state index < -0.39 is 9.84 Å². The van der Waals surface area contributed by atoms with E-state index in [9.17, 15) is 17.6 Å². The van der Waals surface area contributed by atoms with Gasteiger partial charge in [-0.15, -0.1) is 0 Å². The maximum atomic E-state index is 13.6. The van der Waals surface area contributed by atoms with Gasteiger partial charge >= 0.3 is 0 Å². The number of hydrogen-bond acceptors (Lipinski definition) is 6. The normalized spacial score (nSPS) is 22.1. The number of carbonyl (C=O) groups is 1. The summed E-state index contributed by atoms with van der Waals surface area (Å²) < 4.78 is 44.9. The van der Waals surface area contributed by atoms with E-state index in [-0.39, 0.29) is 41.0 Å². The van der Waals surface area contributed by atoms with Gasteiger partial charge in [-0.1, -0.05) is 0 Å². The van der Waals surface area contributed by atoms with E-state index >= 15 is 0 Å². The highest BCUT2D eigenvalue weighted by atomic mass is 32.2. The summed E-state index contributed by atoms with van der Waals surface area (Å²) in [6.07, 6.45) is 3.49. The van der Waals surface area contributed by atoms with Crippen LogP contribution in [0.2, 0.25) is 0 Å². The lowest BCUT2D eigenvalue weighted by Gasteiger charge is -2.22. The maximum Gasteiger partial charge on any atom is 0.274 e. The highest BCUT2D eigenvalue weighted by molar-refractivity contribution is 7.91. The zero-order valence-electron chi connectivity index (χ0n) is 18.1. The van der Waals surface area contributed by atoms with Crippen molar-refractivity contribution in [3.8, 4) is 11.5 Å². The molecule has 1 amide bonds. The molecule has 0 spiro atoms. The molecule has 176 valence electrons. The molecule has 0 bridgehead atoms. The summed E-state index contributed by atoms with van der Waals surface area (Å²) in [7, 11) is -3.14. The SMILES string of the molecule is O=C(c1cc(-c2ccco2)n(C2CCS(=O)(=O)C2)n1)N1CCCC1c1nc2ccc(F)cc2[nH]1. The Bertz CT molecular complexity index is 1490. The number of carbonyl (C=O) groups excluding carboxylic acids is 1. The monoisotopic (exact) mass is 483 g/mol. The van der Waals surface area contributed by atoms with Crippen molar-refractivity contribution < 1.29 is 22.0 Å². The first-order valence-corrected chi connectivity index (χ1v) is 13.0. The maximum absolute atomic E-state index is 13.6. The lowest BCUT2D eigenvalue weighted by atomic mass is 10.2. The Labute approximate surface area is 194 Å². The van der Waals surface area contributed by atoms with Crippen LogP contribution in [0.15, 0.2) is 47.1 Å². The second-order valence-corrected chi connectivity index (χ2v) is 11.1. The van der Waals surface area contributed by atoms with Gasteiger partial charge in [-0.25, -0.2) is 17.8 Å². The zero-order chi connectivity index (χ0) is 23.4. The number of sulfone groups is 1. The molecule has 2 fully saturated rings. The van der Waals surface area contributed by atoms with Crippen molar-refractivity contribution in [2.45, 2.75) is 31.3 Å². The quantitative estimate of drug-likeness (QED) is 0.475. The van der Waals surface area contributed by atoms with Gasteiger partial charge in [-0.2, -0.15) is 5.10 Å². The number of nitrogens with zero attached hydrogens (tertiary/aromatic N) is 4. The third kappa shape index (κ3) is 3.60. The van der Waals surface area contributed by atoms with Crippen molar-refractivity contribution in [1.29, 1.82) is 0 Å². The van der Waals surface area contributed by atoms with Crippen LogP contribution in [0.25, 0.3) is 22.5 Å². The van der Waals surface area contributed by atoms with Crippen molar-refractivity contribution >= 4 is 26.8 Å². The Morgan fingerprint density at radius 3 is 2.85 bits per heavy atom. The van der Waals surface area contributed by atoms with E-state index in [4.69, 9.17) is 4.42 Å². The van der Waals surface area contributed by atoms with E-state index in [0.717, 1.165) is 12.8 Å². The molecule has 4 aromatic rings. The van der Waals surface area contributed by atoms with Crippen molar-refractivity contribution in [3.63, 3.8) is 0 Å². The van der Waals surface area contributed by atoms with Gasteiger partial charge in [0.05, 0.1) is 40.9 Å². The minimum Gasteiger partial charge on any atom is -0.463 e. The van der Waals surface area contributed by atoms with Crippen LogP contribution in [0.5, 0.6) is 0 Å². The van der Waals surface area contributed by atoms with Crippen LogP contribution in [0.4, 0.5) is 4.39 Å². The second-order valence-electron chi connectivity index (χ2n) is 8.83. The average molecular weight is 484 g/mol. The fraction of sp³-hybridized carbons (Fsp3) is 0.348. The molecule has 0 saturated carbocycles. The van der Waals surface area contributed by atoms with Crippen LogP contribution in [0.3, 0.4) is 0 Å². The van der Waals surface area contributed by atoms with Gasteiger partial charge in [-0.3, -0.25) is 9.48 Å². The third-order valence-corrected chi connectivity index (χ3v) is 8.32. The first-order chi connectivity index (χ1) is 16.4. The van der Waals surface area contributed by atoms with Crippen molar-refractivity contribution in [2.24, 2.45) is 0 Å². The zero-order valence-corrected chi connectivity index (χ0v) is 19.0. The number of rotatable bonds is 4. The fourth-order valence-electron chi connectivity index (χ4n) is 4.95. The average Bonchev–Trinajstić information content (AvgIpc) is 3.61. The van der Waals surface area contributed by atoms with Crippen LogP contribution in [-0.2, 0) is 9.84 Å². The highest BCUT2D eigenvalue weighted by Gasteiger charge is 2.36. The molecule has 34 heavy (non-hydrogen) atoms. The fourth-order valence-corrected chi connectivity index (χ4v) is 6.65. The number of halogens is 1. The van der Waals surface area contributed by atoms with Gasteiger partial charge in [0.1, 0.15) is 17.3 Å². The van der Waals surface area contributed by atoms with Crippen LogP contribution >= 0.6 is 0 Å². The van der Waals surface area contributed by atoms with Crippen LogP contribution in [0, 0.1) is 5.82 Å². The molecule has 0 radical (unpaired) electrons. The molecular weight excluding hydrogens is 461 g/mol. The number of amides is 1. The summed E-state index contributed by atoms with van der Waals surface area (Å²) in [6.45, 7) is 0.537. The predicted molar refractivity (Wildman–Crippen MR) is 121 cm³/mol. The van der Waals surface area contributed by atoms with Gasteiger partial charge in [0.25, 0.3) is 5.91 Å². The van der Waals surface area contributed by atoms with Crippen LogP contribution < -0.4 is 0 Å². The lowest BCUT2D eigenvalue weighted by Crippen LogP contribution is -2.31. The molecule has 2 aliphatic rings. The van der Waals surface area contributed by atoms with Gasteiger partial charge in [-0.05, 0) is 49.6 Å². The van der Waals surface area contributed by atoms with Gasteiger partial charge in [0.15, 0.2) is 21.3 Å². The lowest BCUT2D eigenvalue weighted by molar-refractivity contribution is 0.0723. The molecule has 2 unspecified atom stereocenters. The van der Waals surface area contributed by atoms with Crippen molar-refractivity contribution in [2.75, 3.05) is 18.1 Å².